The second kappa shape index (κ2) is 16.8. The molecule has 2 aliphatic rings. The second-order valence-electron chi connectivity index (χ2n) is 13.0. The predicted octanol–water partition coefficient (Wildman–Crippen LogP) is 1.48. The standard InChI is InChI=1S/C35H48N6O5S/c1-22(2)18-29(33(44)38-27(31(37)42)15-17-47-3)41-21-25-14-16-40(30(25)35(41)46)34(45)28(20-24-12-8-5-9-13-24)39-32(43)26(36)19-23-10-6-4-7-11-23/h4-13,22,25-30H,14-21,36H2,1-3H3,(H2,37,42)(H,38,44)(H,39,43)/t25-,26+,27+,28+,29-,30-/m1/s1. The Hall–Kier alpha value is -3.90. The molecule has 12 heteroatoms. The first-order chi connectivity index (χ1) is 22.5. The van der Waals surface area contributed by atoms with Crippen LogP contribution in [0.15, 0.2) is 60.7 Å². The SMILES string of the molecule is CSCC[C@H](NC(=O)[C@@H](CC(C)C)N1C[C@H]2CCN(C(=O)[C@H](Cc3ccccc3)NC(=O)[C@@H](N)Cc3ccccc3)[C@H]2C1=O)C(N)=O. The van der Waals surface area contributed by atoms with E-state index in [-0.39, 0.29) is 30.1 Å². The highest BCUT2D eigenvalue weighted by Crippen LogP contribution is 2.35. The van der Waals surface area contributed by atoms with Crippen molar-refractivity contribution >= 4 is 41.3 Å². The van der Waals surface area contributed by atoms with Crippen LogP contribution in [-0.4, -0.2) is 94.6 Å². The molecular weight excluding hydrogens is 616 g/mol. The molecule has 0 aromatic heterocycles. The van der Waals surface area contributed by atoms with Crippen molar-refractivity contribution in [1.29, 1.82) is 0 Å². The summed E-state index contributed by atoms with van der Waals surface area (Å²) in [5.74, 6) is -1.57. The molecule has 47 heavy (non-hydrogen) atoms. The van der Waals surface area contributed by atoms with Crippen LogP contribution in [0.3, 0.4) is 0 Å². The molecular formula is C35H48N6O5S. The molecule has 6 N–H and O–H groups in total. The number of hydrogen-bond acceptors (Lipinski definition) is 7. The van der Waals surface area contributed by atoms with Crippen LogP contribution in [0.5, 0.6) is 0 Å². The minimum Gasteiger partial charge on any atom is -0.368 e. The molecule has 2 aromatic rings. The molecule has 2 heterocycles. The fourth-order valence-electron chi connectivity index (χ4n) is 6.52. The summed E-state index contributed by atoms with van der Waals surface area (Å²) in [6.07, 6.45) is 3.83. The number of benzene rings is 2. The molecule has 0 aliphatic carbocycles. The number of nitrogens with zero attached hydrogens (tertiary/aromatic N) is 2. The summed E-state index contributed by atoms with van der Waals surface area (Å²) in [6, 6.07) is 14.6. The number of nitrogens with two attached hydrogens (primary N) is 2. The molecule has 2 saturated heterocycles. The number of likely N-dealkylation sites (tertiary alicyclic amines) is 2. The van der Waals surface area contributed by atoms with Crippen LogP contribution >= 0.6 is 11.8 Å². The van der Waals surface area contributed by atoms with E-state index in [2.05, 4.69) is 10.6 Å². The van der Waals surface area contributed by atoms with E-state index in [9.17, 15) is 24.0 Å². The molecule has 0 radical (unpaired) electrons. The first-order valence-electron chi connectivity index (χ1n) is 16.3. The van der Waals surface area contributed by atoms with Gasteiger partial charge in [-0.1, -0.05) is 74.5 Å². The predicted molar refractivity (Wildman–Crippen MR) is 183 cm³/mol. The summed E-state index contributed by atoms with van der Waals surface area (Å²) >= 11 is 1.55. The maximum atomic E-state index is 14.2. The monoisotopic (exact) mass is 664 g/mol. The zero-order valence-electron chi connectivity index (χ0n) is 27.5. The number of fused-ring (bicyclic) bond motifs is 1. The van der Waals surface area contributed by atoms with E-state index in [0.717, 1.165) is 11.1 Å². The van der Waals surface area contributed by atoms with Crippen molar-refractivity contribution in [1.82, 2.24) is 20.4 Å². The molecule has 0 spiro atoms. The maximum Gasteiger partial charge on any atom is 0.246 e. The molecule has 2 aliphatic heterocycles. The van der Waals surface area contributed by atoms with E-state index in [1.165, 1.54) is 0 Å². The highest BCUT2D eigenvalue weighted by molar-refractivity contribution is 7.98. The van der Waals surface area contributed by atoms with Gasteiger partial charge >= 0.3 is 0 Å². The van der Waals surface area contributed by atoms with Crippen LogP contribution in [0.25, 0.3) is 0 Å². The van der Waals surface area contributed by atoms with Crippen LogP contribution in [-0.2, 0) is 36.8 Å². The summed E-state index contributed by atoms with van der Waals surface area (Å²) in [5, 5.41) is 5.68. The zero-order valence-corrected chi connectivity index (χ0v) is 28.3. The van der Waals surface area contributed by atoms with E-state index in [1.807, 2.05) is 80.8 Å². The Morgan fingerprint density at radius 3 is 2.09 bits per heavy atom. The number of hydrogen-bond donors (Lipinski definition) is 4. The first-order valence-corrected chi connectivity index (χ1v) is 17.7. The maximum absolute atomic E-state index is 14.2. The van der Waals surface area contributed by atoms with Gasteiger partial charge in [0.15, 0.2) is 0 Å². The Balaban J connectivity index is 1.52. The Labute approximate surface area is 281 Å². The lowest BCUT2D eigenvalue weighted by Gasteiger charge is -2.32. The summed E-state index contributed by atoms with van der Waals surface area (Å²) in [7, 11) is 0. The smallest absolute Gasteiger partial charge is 0.246 e. The fraction of sp³-hybridized carbons (Fsp3) is 0.514. The number of carbonyl (C=O) groups excluding carboxylic acids is 5. The van der Waals surface area contributed by atoms with Gasteiger partial charge in [0.1, 0.15) is 24.2 Å². The largest absolute Gasteiger partial charge is 0.368 e. The number of primary amides is 1. The van der Waals surface area contributed by atoms with Crippen LogP contribution < -0.4 is 22.1 Å². The summed E-state index contributed by atoms with van der Waals surface area (Å²) < 4.78 is 0. The zero-order chi connectivity index (χ0) is 34.1. The average molecular weight is 665 g/mol. The number of carbonyl (C=O) groups is 5. The Morgan fingerprint density at radius 2 is 1.51 bits per heavy atom. The molecule has 2 fully saturated rings. The normalized spacial score (nSPS) is 20.0. The van der Waals surface area contributed by atoms with Crippen molar-refractivity contribution in [2.75, 3.05) is 25.1 Å². The van der Waals surface area contributed by atoms with Crippen LogP contribution in [0.2, 0.25) is 0 Å². The number of amides is 5. The molecule has 2 aromatic carbocycles. The van der Waals surface area contributed by atoms with E-state index in [0.29, 0.717) is 44.5 Å². The Kier molecular flexibility index (Phi) is 12.8. The van der Waals surface area contributed by atoms with Crippen LogP contribution in [0, 0.1) is 11.8 Å². The highest BCUT2D eigenvalue weighted by atomic mass is 32.2. The topological polar surface area (TPSA) is 168 Å². The minimum atomic E-state index is -0.935. The molecule has 6 atom stereocenters. The highest BCUT2D eigenvalue weighted by Gasteiger charge is 2.53. The van der Waals surface area contributed by atoms with E-state index >= 15 is 0 Å². The van der Waals surface area contributed by atoms with Gasteiger partial charge in [0.2, 0.25) is 29.5 Å². The Morgan fingerprint density at radius 1 is 0.915 bits per heavy atom. The summed E-state index contributed by atoms with van der Waals surface area (Å²) in [4.78, 5) is 70.5. The second-order valence-corrected chi connectivity index (χ2v) is 13.9. The van der Waals surface area contributed by atoms with Gasteiger partial charge in [0, 0.05) is 25.4 Å². The van der Waals surface area contributed by atoms with Crippen molar-refractivity contribution in [3.8, 4) is 0 Å². The average Bonchev–Trinajstić information content (AvgIpc) is 3.61. The van der Waals surface area contributed by atoms with Crippen LogP contribution in [0.4, 0.5) is 0 Å². The van der Waals surface area contributed by atoms with Gasteiger partial charge in [-0.2, -0.15) is 11.8 Å². The van der Waals surface area contributed by atoms with Gasteiger partial charge in [-0.05, 0) is 54.7 Å². The van der Waals surface area contributed by atoms with Gasteiger partial charge in [-0.15, -0.1) is 0 Å². The molecule has 254 valence electrons. The molecule has 5 amide bonds. The minimum absolute atomic E-state index is 0.0838. The molecule has 0 saturated carbocycles. The molecule has 0 bridgehead atoms. The third-order valence-electron chi connectivity index (χ3n) is 8.95. The molecule has 0 unspecified atom stereocenters. The van der Waals surface area contributed by atoms with Crippen LogP contribution in [0.1, 0.15) is 44.2 Å². The van der Waals surface area contributed by atoms with Gasteiger partial charge in [-0.3, -0.25) is 24.0 Å². The Bertz CT molecular complexity index is 1390. The van der Waals surface area contributed by atoms with Crippen molar-refractivity contribution in [2.24, 2.45) is 23.3 Å². The molecule has 11 nitrogen and oxygen atoms in total. The number of nitrogens with one attached hydrogen (secondary N) is 2. The van der Waals surface area contributed by atoms with Gasteiger partial charge in [-0.25, -0.2) is 0 Å². The fourth-order valence-corrected chi connectivity index (χ4v) is 7.00. The first kappa shape index (κ1) is 35.9. The van der Waals surface area contributed by atoms with Crippen molar-refractivity contribution in [2.45, 2.75) is 76.2 Å². The van der Waals surface area contributed by atoms with E-state index in [4.69, 9.17) is 11.5 Å². The van der Waals surface area contributed by atoms with Gasteiger partial charge < -0.3 is 31.9 Å². The lowest BCUT2D eigenvalue weighted by Crippen LogP contribution is -2.57. The number of thioether (sulfide) groups is 1. The third-order valence-corrected chi connectivity index (χ3v) is 9.59. The lowest BCUT2D eigenvalue weighted by molar-refractivity contribution is -0.146. The van der Waals surface area contributed by atoms with Gasteiger partial charge in [0.05, 0.1) is 6.04 Å². The van der Waals surface area contributed by atoms with Crippen molar-refractivity contribution in [3.05, 3.63) is 71.8 Å². The number of rotatable bonds is 16. The summed E-state index contributed by atoms with van der Waals surface area (Å²) in [5.41, 5.74) is 13.6. The molecule has 4 rings (SSSR count). The lowest BCUT2D eigenvalue weighted by atomic mass is 10.0. The third kappa shape index (κ3) is 9.35. The van der Waals surface area contributed by atoms with Crippen molar-refractivity contribution < 1.29 is 24.0 Å². The van der Waals surface area contributed by atoms with Crippen molar-refractivity contribution in [3.63, 3.8) is 0 Å². The van der Waals surface area contributed by atoms with E-state index < -0.39 is 47.9 Å². The van der Waals surface area contributed by atoms with Gasteiger partial charge in [0.25, 0.3) is 0 Å². The van der Waals surface area contributed by atoms with E-state index in [1.54, 1.807) is 21.6 Å². The quantitative estimate of drug-likeness (QED) is 0.211. The summed E-state index contributed by atoms with van der Waals surface area (Å²) in [6.45, 7) is 4.62.